The average molecular weight is 226 g/mol. The van der Waals surface area contributed by atoms with Crippen LogP contribution in [0.3, 0.4) is 0 Å². The van der Waals surface area contributed by atoms with Crippen LogP contribution in [-0.2, 0) is 9.09 Å². The van der Waals surface area contributed by atoms with Crippen molar-refractivity contribution in [3.63, 3.8) is 0 Å². The summed E-state index contributed by atoms with van der Waals surface area (Å²) in [4.78, 5) is 9.40. The third-order valence-corrected chi connectivity index (χ3v) is 3.24. The lowest BCUT2D eigenvalue weighted by Crippen LogP contribution is -1.86. The molecule has 0 aliphatic heterocycles. The van der Waals surface area contributed by atoms with Gasteiger partial charge in [0.1, 0.15) is 0 Å². The summed E-state index contributed by atoms with van der Waals surface area (Å²) in [6.07, 6.45) is 0. The molecule has 1 unspecified atom stereocenters. The maximum Gasteiger partial charge on any atom is 0.351 e. The number of hydrogen-bond donors (Lipinski definition) is 1. The van der Waals surface area contributed by atoms with Gasteiger partial charge in [-0.3, -0.25) is 4.57 Å². The van der Waals surface area contributed by atoms with Crippen LogP contribution >= 0.6 is 7.60 Å². The molecule has 0 aromatic heterocycles. The molecule has 1 rings (SSSR count). The quantitative estimate of drug-likeness (QED) is 0.801. The molecule has 0 aliphatic carbocycles. The Balaban J connectivity index is 2.90. The fourth-order valence-corrected chi connectivity index (χ4v) is 2.33. The molecule has 0 radical (unpaired) electrons. The molecule has 1 atom stereocenters. The maximum absolute atomic E-state index is 11.5. The van der Waals surface area contributed by atoms with Gasteiger partial charge in [0.2, 0.25) is 0 Å². The highest BCUT2D eigenvalue weighted by molar-refractivity contribution is 7.56. The zero-order chi connectivity index (χ0) is 11.3. The van der Waals surface area contributed by atoms with Crippen molar-refractivity contribution in [3.05, 3.63) is 41.7 Å². The molecule has 4 heteroatoms. The Kier molecular flexibility index (Phi) is 4.28. The zero-order valence-electron chi connectivity index (χ0n) is 8.88. The lowest BCUT2D eigenvalue weighted by Gasteiger charge is -2.07. The monoisotopic (exact) mass is 226 g/mol. The Hall–Kier alpha value is -0.890. The van der Waals surface area contributed by atoms with Gasteiger partial charge in [-0.15, -0.1) is 0 Å². The van der Waals surface area contributed by atoms with Gasteiger partial charge in [-0.05, 0) is 25.0 Å². The number of allylic oxidation sites excluding steroid dienone is 1. The molecule has 0 bridgehead atoms. The Morgan fingerprint density at radius 1 is 1.47 bits per heavy atom. The number of hydrogen-bond acceptors (Lipinski definition) is 2. The molecule has 0 amide bonds. The molecule has 82 valence electrons. The molecule has 0 fully saturated rings. The summed E-state index contributed by atoms with van der Waals surface area (Å²) in [6, 6.07) is 9.44. The standard InChI is InChI=1S/C11H15O3P/c1-3-14-15(12,13)9-10(2)11-7-5-4-6-8-11/h4-9H,3H2,1-2H3,(H,12,13)/b10-9+. The Bertz CT molecular complexity index is 384. The van der Waals surface area contributed by atoms with Crippen molar-refractivity contribution >= 4 is 13.2 Å². The van der Waals surface area contributed by atoms with E-state index in [2.05, 4.69) is 0 Å². The van der Waals surface area contributed by atoms with Crippen molar-refractivity contribution < 1.29 is 14.0 Å². The van der Waals surface area contributed by atoms with Gasteiger partial charge in [-0.2, -0.15) is 0 Å². The summed E-state index contributed by atoms with van der Waals surface area (Å²) in [6.45, 7) is 3.71. The predicted octanol–water partition coefficient (Wildman–Crippen LogP) is 3.27. The van der Waals surface area contributed by atoms with Gasteiger partial charge in [0, 0.05) is 5.82 Å². The molecule has 1 N–H and O–H groups in total. The molecule has 0 aliphatic rings. The van der Waals surface area contributed by atoms with E-state index in [-0.39, 0.29) is 6.61 Å². The second-order valence-corrected chi connectivity index (χ2v) is 4.80. The van der Waals surface area contributed by atoms with Crippen molar-refractivity contribution in [3.8, 4) is 0 Å². The summed E-state index contributed by atoms with van der Waals surface area (Å²) in [5, 5.41) is 0. The first-order chi connectivity index (χ1) is 7.05. The smallest absolute Gasteiger partial charge is 0.321 e. The predicted molar refractivity (Wildman–Crippen MR) is 61.5 cm³/mol. The lowest BCUT2D eigenvalue weighted by atomic mass is 10.1. The van der Waals surface area contributed by atoms with E-state index >= 15 is 0 Å². The van der Waals surface area contributed by atoms with Crippen LogP contribution in [0.25, 0.3) is 5.57 Å². The second-order valence-electron chi connectivity index (χ2n) is 3.16. The molecular formula is C11H15O3P. The zero-order valence-corrected chi connectivity index (χ0v) is 9.78. The van der Waals surface area contributed by atoms with Gasteiger partial charge in [0.15, 0.2) is 0 Å². The van der Waals surface area contributed by atoms with E-state index in [0.717, 1.165) is 11.1 Å². The first kappa shape index (κ1) is 12.2. The average Bonchev–Trinajstić information content (AvgIpc) is 2.18. The van der Waals surface area contributed by atoms with Crippen molar-refractivity contribution in [1.29, 1.82) is 0 Å². The Morgan fingerprint density at radius 2 is 2.07 bits per heavy atom. The highest BCUT2D eigenvalue weighted by atomic mass is 31.2. The van der Waals surface area contributed by atoms with Crippen LogP contribution in [0.15, 0.2) is 36.1 Å². The van der Waals surface area contributed by atoms with Gasteiger partial charge >= 0.3 is 7.60 Å². The summed E-state index contributed by atoms with van der Waals surface area (Å²) in [7, 11) is -3.58. The van der Waals surface area contributed by atoms with Gasteiger partial charge < -0.3 is 9.42 Å². The molecule has 0 saturated carbocycles. The molecule has 15 heavy (non-hydrogen) atoms. The second kappa shape index (κ2) is 5.26. The van der Waals surface area contributed by atoms with Crippen molar-refractivity contribution in [2.45, 2.75) is 13.8 Å². The normalized spacial score (nSPS) is 16.1. The third kappa shape index (κ3) is 4.00. The molecule has 3 nitrogen and oxygen atoms in total. The Morgan fingerprint density at radius 3 is 2.60 bits per heavy atom. The van der Waals surface area contributed by atoms with Crippen LogP contribution in [0.5, 0.6) is 0 Å². The van der Waals surface area contributed by atoms with Crippen LogP contribution < -0.4 is 0 Å². The molecule has 0 saturated heterocycles. The topological polar surface area (TPSA) is 46.5 Å². The van der Waals surface area contributed by atoms with Gasteiger partial charge in [0.05, 0.1) is 6.61 Å². The summed E-state index contributed by atoms with van der Waals surface area (Å²) >= 11 is 0. The Labute approximate surface area is 89.9 Å². The van der Waals surface area contributed by atoms with Crippen molar-refractivity contribution in [1.82, 2.24) is 0 Å². The maximum atomic E-state index is 11.5. The lowest BCUT2D eigenvalue weighted by molar-refractivity contribution is 0.283. The molecular weight excluding hydrogens is 211 g/mol. The van der Waals surface area contributed by atoms with E-state index in [0.29, 0.717) is 0 Å². The summed E-state index contributed by atoms with van der Waals surface area (Å²) in [5.41, 5.74) is 1.67. The van der Waals surface area contributed by atoms with E-state index in [4.69, 9.17) is 4.52 Å². The largest absolute Gasteiger partial charge is 0.351 e. The highest BCUT2D eigenvalue weighted by Crippen LogP contribution is 2.45. The summed E-state index contributed by atoms with van der Waals surface area (Å²) < 4.78 is 16.2. The minimum atomic E-state index is -3.58. The van der Waals surface area contributed by atoms with Crippen molar-refractivity contribution in [2.24, 2.45) is 0 Å². The first-order valence-electron chi connectivity index (χ1n) is 4.77. The molecule has 0 spiro atoms. The fourth-order valence-electron chi connectivity index (χ4n) is 1.24. The van der Waals surface area contributed by atoms with E-state index < -0.39 is 7.60 Å². The van der Waals surface area contributed by atoms with Crippen LogP contribution in [0.1, 0.15) is 19.4 Å². The van der Waals surface area contributed by atoms with Crippen LogP contribution in [0.4, 0.5) is 0 Å². The van der Waals surface area contributed by atoms with Crippen LogP contribution in [0, 0.1) is 0 Å². The minimum Gasteiger partial charge on any atom is -0.321 e. The number of rotatable bonds is 4. The van der Waals surface area contributed by atoms with Gasteiger partial charge in [-0.25, -0.2) is 0 Å². The van der Waals surface area contributed by atoms with E-state index in [1.54, 1.807) is 13.8 Å². The fraction of sp³-hybridized carbons (Fsp3) is 0.273. The molecule has 0 heterocycles. The molecule has 1 aromatic rings. The molecule has 1 aromatic carbocycles. The van der Waals surface area contributed by atoms with Crippen LogP contribution in [-0.4, -0.2) is 11.5 Å². The first-order valence-corrected chi connectivity index (χ1v) is 6.42. The van der Waals surface area contributed by atoms with E-state index in [1.165, 1.54) is 5.82 Å². The SMILES string of the molecule is CCOP(=O)(O)/C=C(\C)c1ccccc1. The van der Waals surface area contributed by atoms with Crippen LogP contribution in [0.2, 0.25) is 0 Å². The van der Waals surface area contributed by atoms with E-state index in [1.807, 2.05) is 30.3 Å². The minimum absolute atomic E-state index is 0.229. The van der Waals surface area contributed by atoms with E-state index in [9.17, 15) is 9.46 Å². The van der Waals surface area contributed by atoms with Gasteiger partial charge in [0.25, 0.3) is 0 Å². The number of benzene rings is 1. The summed E-state index contributed by atoms with van der Waals surface area (Å²) in [5.74, 6) is 1.28. The highest BCUT2D eigenvalue weighted by Gasteiger charge is 2.14. The third-order valence-electron chi connectivity index (χ3n) is 1.90. The van der Waals surface area contributed by atoms with Gasteiger partial charge in [-0.1, -0.05) is 30.3 Å². The van der Waals surface area contributed by atoms with Crippen molar-refractivity contribution in [2.75, 3.05) is 6.61 Å².